The molecule has 0 spiro atoms. The number of nitrogens with two attached hydrogens (primary N) is 1. The van der Waals surface area contributed by atoms with Gasteiger partial charge >= 0.3 is 0 Å². The lowest BCUT2D eigenvalue weighted by Gasteiger charge is -2.26. The normalized spacial score (nSPS) is 11.6. The molecule has 0 saturated carbocycles. The van der Waals surface area contributed by atoms with Crippen LogP contribution in [0, 0.1) is 5.41 Å². The maximum atomic E-state index is 6.01. The molecule has 108 valence electrons. The Morgan fingerprint density at radius 1 is 1.16 bits per heavy atom. The highest BCUT2D eigenvalue weighted by atomic mass is 35.5. The average molecular weight is 303 g/mol. The molecule has 4 heteroatoms. The molecule has 1 rings (SSSR count). The van der Waals surface area contributed by atoms with Crippen LogP contribution in [0.15, 0.2) is 12.1 Å². The van der Waals surface area contributed by atoms with Crippen molar-refractivity contribution in [2.45, 2.75) is 46.5 Å². The van der Waals surface area contributed by atoms with Crippen LogP contribution in [0.1, 0.15) is 46.5 Å². The van der Waals surface area contributed by atoms with Crippen molar-refractivity contribution in [1.82, 2.24) is 0 Å². The van der Waals surface area contributed by atoms with Gasteiger partial charge in [0.05, 0.1) is 21.4 Å². The standard InChI is InChI=1S/C15H24Cl2N2/c1-4-5-6-7-15(2,3)10-19-14-9-12(17)11(16)8-13(14)18/h8-9,19H,4-7,10,18H2,1-3H3. The molecule has 3 N–H and O–H groups in total. The van der Waals surface area contributed by atoms with Gasteiger partial charge in [-0.05, 0) is 24.0 Å². The maximum Gasteiger partial charge on any atom is 0.0614 e. The SMILES string of the molecule is CCCCCC(C)(C)CNc1cc(Cl)c(Cl)cc1N. The predicted molar refractivity (Wildman–Crippen MR) is 87.3 cm³/mol. The monoisotopic (exact) mass is 302 g/mol. The van der Waals surface area contributed by atoms with E-state index in [1.165, 1.54) is 25.7 Å². The predicted octanol–water partition coefficient (Wildman–Crippen LogP) is 5.59. The Hall–Kier alpha value is -0.600. The summed E-state index contributed by atoms with van der Waals surface area (Å²) in [6.07, 6.45) is 5.01. The molecule has 0 aliphatic rings. The van der Waals surface area contributed by atoms with E-state index in [2.05, 4.69) is 26.1 Å². The maximum absolute atomic E-state index is 6.01. The minimum atomic E-state index is 0.244. The molecule has 0 aliphatic heterocycles. The van der Waals surface area contributed by atoms with Crippen molar-refractivity contribution in [3.63, 3.8) is 0 Å². The van der Waals surface area contributed by atoms with E-state index < -0.39 is 0 Å². The first kappa shape index (κ1) is 16.5. The van der Waals surface area contributed by atoms with Crippen molar-refractivity contribution in [1.29, 1.82) is 0 Å². The van der Waals surface area contributed by atoms with Crippen LogP contribution < -0.4 is 11.1 Å². The van der Waals surface area contributed by atoms with Gasteiger partial charge in [-0.3, -0.25) is 0 Å². The zero-order chi connectivity index (χ0) is 14.5. The van der Waals surface area contributed by atoms with Crippen LogP contribution >= 0.6 is 23.2 Å². The van der Waals surface area contributed by atoms with E-state index in [-0.39, 0.29) is 5.41 Å². The Morgan fingerprint density at radius 3 is 2.42 bits per heavy atom. The second-order valence-corrected chi connectivity index (χ2v) is 6.64. The number of halogens is 2. The quantitative estimate of drug-likeness (QED) is 0.508. The van der Waals surface area contributed by atoms with Gasteiger partial charge in [-0.2, -0.15) is 0 Å². The number of hydrogen-bond donors (Lipinski definition) is 2. The van der Waals surface area contributed by atoms with Crippen molar-refractivity contribution >= 4 is 34.6 Å². The number of nitrogens with one attached hydrogen (secondary N) is 1. The third kappa shape index (κ3) is 5.50. The van der Waals surface area contributed by atoms with E-state index in [0.29, 0.717) is 15.7 Å². The fourth-order valence-corrected chi connectivity index (χ4v) is 2.33. The Labute approximate surface area is 126 Å². The molecular formula is C15H24Cl2N2. The van der Waals surface area contributed by atoms with Crippen LogP contribution in [-0.4, -0.2) is 6.54 Å². The minimum absolute atomic E-state index is 0.244. The molecule has 0 aromatic heterocycles. The summed E-state index contributed by atoms with van der Waals surface area (Å²) in [4.78, 5) is 0. The van der Waals surface area contributed by atoms with E-state index in [1.54, 1.807) is 12.1 Å². The summed E-state index contributed by atoms with van der Waals surface area (Å²) in [6.45, 7) is 7.63. The molecule has 19 heavy (non-hydrogen) atoms. The smallest absolute Gasteiger partial charge is 0.0614 e. The van der Waals surface area contributed by atoms with Crippen molar-refractivity contribution in [2.24, 2.45) is 5.41 Å². The van der Waals surface area contributed by atoms with Crippen molar-refractivity contribution in [2.75, 3.05) is 17.6 Å². The first-order valence-corrected chi connectivity index (χ1v) is 7.60. The molecule has 0 heterocycles. The number of unbranched alkanes of at least 4 members (excludes halogenated alkanes) is 2. The topological polar surface area (TPSA) is 38.0 Å². The summed E-state index contributed by atoms with van der Waals surface area (Å²) < 4.78 is 0. The third-order valence-electron chi connectivity index (χ3n) is 3.31. The van der Waals surface area contributed by atoms with Crippen LogP contribution in [0.25, 0.3) is 0 Å². The Bertz CT molecular complexity index is 417. The van der Waals surface area contributed by atoms with Gasteiger partial charge in [0.2, 0.25) is 0 Å². The summed E-state index contributed by atoms with van der Waals surface area (Å²) in [7, 11) is 0. The van der Waals surface area contributed by atoms with Crippen LogP contribution in [-0.2, 0) is 0 Å². The number of rotatable bonds is 7. The number of hydrogen-bond acceptors (Lipinski definition) is 2. The van der Waals surface area contributed by atoms with Gasteiger partial charge < -0.3 is 11.1 Å². The fourth-order valence-electron chi connectivity index (χ4n) is 1.99. The number of nitrogen functional groups attached to an aromatic ring is 1. The molecule has 0 unspecified atom stereocenters. The summed E-state index contributed by atoms with van der Waals surface area (Å²) in [5.74, 6) is 0. The van der Waals surface area contributed by atoms with Gasteiger partial charge in [0.1, 0.15) is 0 Å². The molecular weight excluding hydrogens is 279 g/mol. The van der Waals surface area contributed by atoms with Crippen molar-refractivity contribution in [3.8, 4) is 0 Å². The minimum Gasteiger partial charge on any atom is -0.397 e. The Kier molecular flexibility index (Phi) is 6.28. The summed E-state index contributed by atoms with van der Waals surface area (Å²) in [6, 6.07) is 3.48. The second-order valence-electron chi connectivity index (χ2n) is 5.83. The molecule has 0 amide bonds. The highest BCUT2D eigenvalue weighted by Gasteiger charge is 2.17. The van der Waals surface area contributed by atoms with Crippen molar-refractivity contribution in [3.05, 3.63) is 22.2 Å². The third-order valence-corrected chi connectivity index (χ3v) is 4.03. The first-order valence-electron chi connectivity index (χ1n) is 6.84. The van der Waals surface area contributed by atoms with Crippen LogP contribution in [0.3, 0.4) is 0 Å². The molecule has 0 fully saturated rings. The summed E-state index contributed by atoms with van der Waals surface area (Å²) in [5, 5.41) is 4.40. The second kappa shape index (κ2) is 7.25. The lowest BCUT2D eigenvalue weighted by molar-refractivity contribution is 0.342. The number of anilines is 2. The Balaban J connectivity index is 2.58. The van der Waals surface area contributed by atoms with Crippen LogP contribution in [0.2, 0.25) is 10.0 Å². The van der Waals surface area contributed by atoms with Gasteiger partial charge in [-0.15, -0.1) is 0 Å². The first-order chi connectivity index (χ1) is 8.85. The van der Waals surface area contributed by atoms with Crippen LogP contribution in [0.5, 0.6) is 0 Å². The summed E-state index contributed by atoms with van der Waals surface area (Å²) >= 11 is 11.9. The molecule has 0 aliphatic carbocycles. The van der Waals surface area contributed by atoms with E-state index in [4.69, 9.17) is 28.9 Å². The van der Waals surface area contributed by atoms with Gasteiger partial charge in [0, 0.05) is 6.54 Å². The molecule has 0 radical (unpaired) electrons. The Morgan fingerprint density at radius 2 is 1.79 bits per heavy atom. The van der Waals surface area contributed by atoms with Crippen LogP contribution in [0.4, 0.5) is 11.4 Å². The molecule has 2 nitrogen and oxygen atoms in total. The number of benzene rings is 1. The molecule has 0 atom stereocenters. The molecule has 1 aromatic rings. The zero-order valence-corrected chi connectivity index (χ0v) is 13.5. The van der Waals surface area contributed by atoms with Gasteiger partial charge in [0.15, 0.2) is 0 Å². The fraction of sp³-hybridized carbons (Fsp3) is 0.600. The largest absolute Gasteiger partial charge is 0.397 e. The van der Waals surface area contributed by atoms with E-state index in [1.807, 2.05) is 0 Å². The molecule has 0 bridgehead atoms. The molecule has 0 saturated heterocycles. The van der Waals surface area contributed by atoms with Gasteiger partial charge in [-0.1, -0.05) is 63.2 Å². The molecule has 1 aromatic carbocycles. The van der Waals surface area contributed by atoms with Gasteiger partial charge in [-0.25, -0.2) is 0 Å². The highest BCUT2D eigenvalue weighted by Crippen LogP contribution is 2.32. The van der Waals surface area contributed by atoms with Gasteiger partial charge in [0.25, 0.3) is 0 Å². The zero-order valence-electron chi connectivity index (χ0n) is 12.0. The van der Waals surface area contributed by atoms with Crippen molar-refractivity contribution < 1.29 is 0 Å². The van der Waals surface area contributed by atoms with E-state index in [9.17, 15) is 0 Å². The lowest BCUT2D eigenvalue weighted by Crippen LogP contribution is -2.23. The van der Waals surface area contributed by atoms with E-state index in [0.717, 1.165) is 12.2 Å². The lowest BCUT2D eigenvalue weighted by atomic mass is 9.87. The average Bonchev–Trinajstić information content (AvgIpc) is 2.32. The summed E-state index contributed by atoms with van der Waals surface area (Å²) in [5.41, 5.74) is 7.68. The van der Waals surface area contributed by atoms with E-state index >= 15 is 0 Å². The highest BCUT2D eigenvalue weighted by molar-refractivity contribution is 6.42.